The molecule has 1 aliphatic rings. The average Bonchev–Trinajstić information content (AvgIpc) is 3.47. The SMILES string of the molecule is COc1cccc(-c2cc(C(=O)NCC#Cc3ccc(N4CCNC4=O)cc3)[nH]n2)c1. The molecule has 3 amide bonds. The molecule has 8 heteroatoms. The van der Waals surface area contributed by atoms with Gasteiger partial charge in [0, 0.05) is 29.9 Å². The Kier molecular flexibility index (Phi) is 5.85. The van der Waals surface area contributed by atoms with Crippen LogP contribution in [0.15, 0.2) is 54.6 Å². The summed E-state index contributed by atoms with van der Waals surface area (Å²) in [7, 11) is 1.60. The molecule has 1 aliphatic heterocycles. The molecule has 3 aromatic rings. The van der Waals surface area contributed by atoms with Crippen molar-refractivity contribution in [1.29, 1.82) is 0 Å². The van der Waals surface area contributed by atoms with E-state index in [0.29, 0.717) is 24.5 Å². The van der Waals surface area contributed by atoms with Crippen LogP contribution in [0, 0.1) is 11.8 Å². The number of methoxy groups -OCH3 is 1. The Morgan fingerprint density at radius 3 is 2.81 bits per heavy atom. The van der Waals surface area contributed by atoms with Gasteiger partial charge in [-0.2, -0.15) is 5.10 Å². The first kappa shape index (κ1) is 20.0. The third kappa shape index (κ3) is 4.67. The van der Waals surface area contributed by atoms with E-state index >= 15 is 0 Å². The monoisotopic (exact) mass is 415 g/mol. The summed E-state index contributed by atoms with van der Waals surface area (Å²) in [5.74, 6) is 6.36. The second-order valence-corrected chi connectivity index (χ2v) is 6.81. The average molecular weight is 415 g/mol. The fraction of sp³-hybridized carbons (Fsp3) is 0.174. The van der Waals surface area contributed by atoms with Crippen LogP contribution in [0.4, 0.5) is 10.5 Å². The third-order valence-electron chi connectivity index (χ3n) is 4.79. The number of benzene rings is 2. The molecule has 1 fully saturated rings. The van der Waals surface area contributed by atoms with Crippen LogP contribution in [-0.4, -0.2) is 48.9 Å². The van der Waals surface area contributed by atoms with Crippen LogP contribution in [0.5, 0.6) is 5.75 Å². The van der Waals surface area contributed by atoms with Crippen LogP contribution < -0.4 is 20.3 Å². The van der Waals surface area contributed by atoms with Gasteiger partial charge in [-0.05, 0) is 42.5 Å². The molecule has 4 rings (SSSR count). The van der Waals surface area contributed by atoms with E-state index in [-0.39, 0.29) is 18.5 Å². The van der Waals surface area contributed by atoms with Crippen molar-refractivity contribution in [3.63, 3.8) is 0 Å². The number of H-pyrrole nitrogens is 1. The van der Waals surface area contributed by atoms with E-state index in [9.17, 15) is 9.59 Å². The van der Waals surface area contributed by atoms with Crippen molar-refractivity contribution in [2.24, 2.45) is 0 Å². The van der Waals surface area contributed by atoms with Crippen LogP contribution in [0.25, 0.3) is 11.3 Å². The minimum Gasteiger partial charge on any atom is -0.497 e. The molecule has 0 unspecified atom stereocenters. The van der Waals surface area contributed by atoms with Gasteiger partial charge >= 0.3 is 6.03 Å². The Morgan fingerprint density at radius 1 is 1.23 bits per heavy atom. The Hall–Kier alpha value is -4.25. The van der Waals surface area contributed by atoms with Crippen molar-refractivity contribution >= 4 is 17.6 Å². The number of hydrogen-bond acceptors (Lipinski definition) is 4. The molecule has 0 saturated carbocycles. The number of anilines is 1. The number of carbonyl (C=O) groups is 2. The molecule has 31 heavy (non-hydrogen) atoms. The number of nitrogens with zero attached hydrogens (tertiary/aromatic N) is 2. The number of amides is 3. The van der Waals surface area contributed by atoms with E-state index in [0.717, 1.165) is 22.6 Å². The minimum atomic E-state index is -0.286. The van der Waals surface area contributed by atoms with Gasteiger partial charge in [0.2, 0.25) is 0 Å². The molecule has 0 bridgehead atoms. The fourth-order valence-electron chi connectivity index (χ4n) is 3.18. The first-order valence-electron chi connectivity index (χ1n) is 9.76. The van der Waals surface area contributed by atoms with Crippen LogP contribution in [0.2, 0.25) is 0 Å². The summed E-state index contributed by atoms with van der Waals surface area (Å²) in [5.41, 5.74) is 3.50. The van der Waals surface area contributed by atoms with E-state index in [2.05, 4.69) is 32.7 Å². The van der Waals surface area contributed by atoms with Crippen molar-refractivity contribution in [1.82, 2.24) is 20.8 Å². The van der Waals surface area contributed by atoms with Gasteiger partial charge in [0.15, 0.2) is 0 Å². The zero-order valence-corrected chi connectivity index (χ0v) is 16.9. The maximum Gasteiger partial charge on any atom is 0.321 e. The summed E-state index contributed by atoms with van der Waals surface area (Å²) in [6.45, 7) is 1.50. The maximum absolute atomic E-state index is 12.3. The Morgan fingerprint density at radius 2 is 2.06 bits per heavy atom. The van der Waals surface area contributed by atoms with Crippen molar-refractivity contribution in [2.75, 3.05) is 31.6 Å². The van der Waals surface area contributed by atoms with Crippen molar-refractivity contribution in [3.8, 4) is 28.8 Å². The zero-order chi connectivity index (χ0) is 21.6. The van der Waals surface area contributed by atoms with E-state index in [1.165, 1.54) is 0 Å². The summed E-state index contributed by atoms with van der Waals surface area (Å²) in [4.78, 5) is 25.7. The van der Waals surface area contributed by atoms with Gasteiger partial charge in [0.25, 0.3) is 5.91 Å². The molecule has 0 radical (unpaired) electrons. The first-order valence-corrected chi connectivity index (χ1v) is 9.76. The van der Waals surface area contributed by atoms with Gasteiger partial charge in [-0.1, -0.05) is 24.0 Å². The topological polar surface area (TPSA) is 99.4 Å². The van der Waals surface area contributed by atoms with E-state index in [1.807, 2.05) is 48.5 Å². The lowest BCUT2D eigenvalue weighted by Crippen LogP contribution is -2.27. The van der Waals surface area contributed by atoms with E-state index in [1.54, 1.807) is 18.1 Å². The predicted octanol–water partition coefficient (Wildman–Crippen LogP) is 2.40. The standard InChI is InChI=1S/C23H21N5O3/c1-31-19-6-2-5-17(14-19)20-15-21(27-26-20)22(29)24-11-3-4-16-7-9-18(10-8-16)28-13-12-25-23(28)30/h2,5-10,14-15H,11-13H2,1H3,(H,24,29)(H,25,30)(H,26,27). The maximum atomic E-state index is 12.3. The van der Waals surface area contributed by atoms with Gasteiger partial charge in [-0.3, -0.25) is 14.8 Å². The molecular formula is C23H21N5O3. The number of rotatable bonds is 5. The summed E-state index contributed by atoms with van der Waals surface area (Å²) < 4.78 is 5.22. The number of aromatic amines is 1. The highest BCUT2D eigenvalue weighted by Gasteiger charge is 2.20. The van der Waals surface area contributed by atoms with E-state index < -0.39 is 0 Å². The van der Waals surface area contributed by atoms with Gasteiger partial charge in [0.1, 0.15) is 11.4 Å². The highest BCUT2D eigenvalue weighted by molar-refractivity contribution is 5.94. The molecule has 156 valence electrons. The smallest absolute Gasteiger partial charge is 0.321 e. The lowest BCUT2D eigenvalue weighted by Gasteiger charge is -2.13. The van der Waals surface area contributed by atoms with Gasteiger partial charge in [-0.25, -0.2) is 4.79 Å². The van der Waals surface area contributed by atoms with Gasteiger partial charge in [-0.15, -0.1) is 0 Å². The molecule has 0 atom stereocenters. The molecule has 3 N–H and O–H groups in total. The number of carbonyl (C=O) groups excluding carboxylic acids is 2. The van der Waals surface area contributed by atoms with Crippen molar-refractivity contribution in [2.45, 2.75) is 0 Å². The highest BCUT2D eigenvalue weighted by atomic mass is 16.5. The Labute approximate surface area is 179 Å². The first-order chi connectivity index (χ1) is 15.1. The second-order valence-electron chi connectivity index (χ2n) is 6.81. The minimum absolute atomic E-state index is 0.0880. The number of hydrogen-bond donors (Lipinski definition) is 3. The van der Waals surface area contributed by atoms with Crippen LogP contribution in [0.1, 0.15) is 16.1 Å². The lowest BCUT2D eigenvalue weighted by atomic mass is 10.1. The fourth-order valence-corrected chi connectivity index (χ4v) is 3.18. The molecule has 0 spiro atoms. The molecule has 2 aromatic carbocycles. The number of urea groups is 1. The molecule has 1 saturated heterocycles. The molecule has 2 heterocycles. The van der Waals surface area contributed by atoms with Crippen LogP contribution >= 0.6 is 0 Å². The normalized spacial score (nSPS) is 12.7. The quantitative estimate of drug-likeness (QED) is 0.557. The molecule has 1 aromatic heterocycles. The summed E-state index contributed by atoms with van der Waals surface area (Å²) >= 11 is 0. The van der Waals surface area contributed by atoms with Crippen molar-refractivity contribution < 1.29 is 14.3 Å². The summed E-state index contributed by atoms with van der Waals surface area (Å²) in [6, 6.07) is 16.5. The second kappa shape index (κ2) is 9.05. The Bertz CT molecular complexity index is 1160. The third-order valence-corrected chi connectivity index (χ3v) is 4.79. The highest BCUT2D eigenvalue weighted by Crippen LogP contribution is 2.22. The predicted molar refractivity (Wildman–Crippen MR) is 117 cm³/mol. The van der Waals surface area contributed by atoms with E-state index in [4.69, 9.17) is 4.74 Å². The largest absolute Gasteiger partial charge is 0.497 e. The van der Waals surface area contributed by atoms with Crippen LogP contribution in [0.3, 0.4) is 0 Å². The molecule has 8 nitrogen and oxygen atoms in total. The number of ether oxygens (including phenoxy) is 1. The van der Waals surface area contributed by atoms with Crippen LogP contribution in [-0.2, 0) is 0 Å². The lowest BCUT2D eigenvalue weighted by molar-refractivity contribution is 0.0953. The van der Waals surface area contributed by atoms with Gasteiger partial charge < -0.3 is 15.4 Å². The van der Waals surface area contributed by atoms with Gasteiger partial charge in [0.05, 0.1) is 19.3 Å². The number of aromatic nitrogens is 2. The van der Waals surface area contributed by atoms with Crippen molar-refractivity contribution in [3.05, 3.63) is 65.9 Å². The Balaban J connectivity index is 1.32. The zero-order valence-electron chi connectivity index (χ0n) is 16.9. The number of nitrogens with one attached hydrogen (secondary N) is 3. The molecular weight excluding hydrogens is 394 g/mol. The summed E-state index contributed by atoms with van der Waals surface area (Å²) in [5, 5.41) is 12.5. The summed E-state index contributed by atoms with van der Waals surface area (Å²) in [6.07, 6.45) is 0. The molecule has 0 aliphatic carbocycles.